The van der Waals surface area contributed by atoms with Crippen molar-refractivity contribution in [3.8, 4) is 0 Å². The molecule has 0 amide bonds. The maximum Gasteiger partial charge on any atom is 0.431 e. The van der Waals surface area contributed by atoms with E-state index in [1.54, 1.807) is 18.3 Å². The summed E-state index contributed by atoms with van der Waals surface area (Å²) in [6.07, 6.45) is -2.15. The summed E-state index contributed by atoms with van der Waals surface area (Å²) in [7, 11) is -1.21. The van der Waals surface area contributed by atoms with Crippen molar-refractivity contribution in [2.24, 2.45) is 5.73 Å². The Bertz CT molecular complexity index is 1150. The third kappa shape index (κ3) is 2.80. The number of rotatable bonds is 2. The van der Waals surface area contributed by atoms with E-state index in [0.717, 1.165) is 21.9 Å². The van der Waals surface area contributed by atoms with E-state index in [-0.39, 0.29) is 11.4 Å². The number of H-pyrrole nitrogens is 1. The van der Waals surface area contributed by atoms with Crippen LogP contribution in [-0.2, 0) is 23.0 Å². The van der Waals surface area contributed by atoms with Crippen molar-refractivity contribution in [1.82, 2.24) is 15.2 Å². The zero-order valence-corrected chi connectivity index (χ0v) is 14.7. The number of nitrogens with one attached hydrogen (secondary N) is 2. The second kappa shape index (κ2) is 6.15. The van der Waals surface area contributed by atoms with Gasteiger partial charge in [0.25, 0.3) is 0 Å². The van der Waals surface area contributed by atoms with Crippen LogP contribution < -0.4 is 5.73 Å². The molecule has 6 nitrogen and oxygen atoms in total. The van der Waals surface area contributed by atoms with E-state index < -0.39 is 28.2 Å². The minimum Gasteiger partial charge on any atom is -0.394 e. The van der Waals surface area contributed by atoms with Gasteiger partial charge in [-0.3, -0.25) is 9.31 Å². The van der Waals surface area contributed by atoms with Crippen LogP contribution in [0.3, 0.4) is 0 Å². The second-order valence-electron chi connectivity index (χ2n) is 6.22. The lowest BCUT2D eigenvalue weighted by Crippen LogP contribution is -2.24. The predicted molar refractivity (Wildman–Crippen MR) is 97.8 cm³/mol. The SMILES string of the molecule is N=CC(=C(N)C(F)(F)F)c1nc2ccc3[nH]ncc3c2c2c1CS(=O)CC2. The van der Waals surface area contributed by atoms with E-state index in [2.05, 4.69) is 15.2 Å². The van der Waals surface area contributed by atoms with Crippen molar-refractivity contribution >= 4 is 44.4 Å². The lowest BCUT2D eigenvalue weighted by molar-refractivity contribution is -0.0919. The van der Waals surface area contributed by atoms with Gasteiger partial charge in [0.15, 0.2) is 0 Å². The third-order valence-corrected chi connectivity index (χ3v) is 5.94. The third-order valence-electron chi connectivity index (χ3n) is 4.67. The Morgan fingerprint density at radius 3 is 2.81 bits per heavy atom. The Hall–Kier alpha value is -2.75. The smallest absolute Gasteiger partial charge is 0.394 e. The number of alkyl halides is 3. The standard InChI is InChI=1S/C17H14F3N5OS/c18-17(19,20)16(22)9(5-21)15-11-7-27(26)4-3-8(11)14-10-6-23-25-12(10)1-2-13(14)24-15/h1-2,5-6,21H,3-4,7,22H2,(H,23,25). The number of fused-ring (bicyclic) bond motifs is 5. The number of pyridine rings is 1. The fraction of sp³-hybridized carbons (Fsp3) is 0.235. The Kier molecular flexibility index (Phi) is 4.02. The number of nitrogens with two attached hydrogens (primary N) is 1. The maximum absolute atomic E-state index is 13.2. The molecular weight excluding hydrogens is 379 g/mol. The molecule has 1 atom stereocenters. The Labute approximate surface area is 153 Å². The monoisotopic (exact) mass is 393 g/mol. The molecule has 27 heavy (non-hydrogen) atoms. The quantitative estimate of drug-likeness (QED) is 0.582. The first-order chi connectivity index (χ1) is 12.8. The van der Waals surface area contributed by atoms with Gasteiger partial charge in [-0.2, -0.15) is 18.3 Å². The van der Waals surface area contributed by atoms with Crippen LogP contribution in [0.4, 0.5) is 13.2 Å². The highest BCUT2D eigenvalue weighted by molar-refractivity contribution is 7.84. The number of hydrogen-bond donors (Lipinski definition) is 3. The molecule has 4 rings (SSSR count). The zero-order chi connectivity index (χ0) is 19.3. The summed E-state index contributed by atoms with van der Waals surface area (Å²) in [5.41, 5.74) is 5.88. The van der Waals surface area contributed by atoms with Gasteiger partial charge >= 0.3 is 6.18 Å². The lowest BCUT2D eigenvalue weighted by atomic mass is 9.93. The van der Waals surface area contributed by atoms with Crippen molar-refractivity contribution in [2.75, 3.05) is 5.75 Å². The Balaban J connectivity index is 2.13. The Morgan fingerprint density at radius 1 is 1.33 bits per heavy atom. The number of hydrogen-bond acceptors (Lipinski definition) is 5. The van der Waals surface area contributed by atoms with E-state index in [1.165, 1.54) is 0 Å². The molecule has 10 heteroatoms. The molecule has 0 spiro atoms. The molecule has 1 aliphatic rings. The zero-order valence-electron chi connectivity index (χ0n) is 13.9. The van der Waals surface area contributed by atoms with E-state index in [9.17, 15) is 17.4 Å². The fourth-order valence-corrected chi connectivity index (χ4v) is 4.64. The topological polar surface area (TPSA) is 109 Å². The number of benzene rings is 1. The van der Waals surface area contributed by atoms with Gasteiger partial charge in [0.1, 0.15) is 5.70 Å². The van der Waals surface area contributed by atoms with E-state index >= 15 is 0 Å². The average molecular weight is 393 g/mol. The summed E-state index contributed by atoms with van der Waals surface area (Å²) in [5.74, 6) is 0.489. The lowest BCUT2D eigenvalue weighted by Gasteiger charge is -2.22. The highest BCUT2D eigenvalue weighted by atomic mass is 32.2. The van der Waals surface area contributed by atoms with Gasteiger partial charge in [-0.1, -0.05) is 0 Å². The molecule has 1 aliphatic heterocycles. The molecule has 0 aliphatic carbocycles. The largest absolute Gasteiger partial charge is 0.431 e. The number of aromatic amines is 1. The summed E-state index contributed by atoms with van der Waals surface area (Å²) in [4.78, 5) is 4.39. The Morgan fingerprint density at radius 2 is 2.11 bits per heavy atom. The minimum atomic E-state index is -4.79. The molecule has 4 N–H and O–H groups in total. The highest BCUT2D eigenvalue weighted by Crippen LogP contribution is 2.37. The first-order valence-electron chi connectivity index (χ1n) is 8.01. The predicted octanol–water partition coefficient (Wildman–Crippen LogP) is 2.80. The molecule has 0 bridgehead atoms. The van der Waals surface area contributed by atoms with Crippen LogP contribution in [-0.4, -0.2) is 37.5 Å². The summed E-state index contributed by atoms with van der Waals surface area (Å²) in [6.45, 7) is 0. The first kappa shape index (κ1) is 17.7. The first-order valence-corrected chi connectivity index (χ1v) is 9.50. The van der Waals surface area contributed by atoms with Crippen LogP contribution in [0.2, 0.25) is 0 Å². The fourth-order valence-electron chi connectivity index (χ4n) is 3.43. The van der Waals surface area contributed by atoms with Crippen molar-refractivity contribution in [3.05, 3.63) is 40.8 Å². The van der Waals surface area contributed by atoms with Crippen LogP contribution >= 0.6 is 0 Å². The van der Waals surface area contributed by atoms with Crippen LogP contribution in [0.15, 0.2) is 24.0 Å². The van der Waals surface area contributed by atoms with Gasteiger partial charge in [0.05, 0.1) is 28.7 Å². The number of halogens is 3. The molecule has 2 aromatic heterocycles. The van der Waals surface area contributed by atoms with Gasteiger partial charge in [-0.25, -0.2) is 4.98 Å². The number of aromatic nitrogens is 3. The van der Waals surface area contributed by atoms with Gasteiger partial charge < -0.3 is 11.1 Å². The average Bonchev–Trinajstić information content (AvgIpc) is 3.10. The van der Waals surface area contributed by atoms with Crippen molar-refractivity contribution in [3.63, 3.8) is 0 Å². The van der Waals surface area contributed by atoms with E-state index in [1.807, 2.05) is 0 Å². The molecule has 3 aromatic rings. The summed E-state index contributed by atoms with van der Waals surface area (Å²) in [5, 5.41) is 16.0. The number of allylic oxidation sites excluding steroid dienone is 2. The molecular formula is C17H14F3N5OS. The summed E-state index contributed by atoms with van der Waals surface area (Å²) in [6, 6.07) is 3.44. The van der Waals surface area contributed by atoms with Gasteiger partial charge in [-0.05, 0) is 29.7 Å². The van der Waals surface area contributed by atoms with Crippen molar-refractivity contribution in [2.45, 2.75) is 18.3 Å². The number of nitrogens with zero attached hydrogens (tertiary/aromatic N) is 2. The van der Waals surface area contributed by atoms with Crippen molar-refractivity contribution in [1.29, 1.82) is 5.41 Å². The highest BCUT2D eigenvalue weighted by Gasteiger charge is 2.36. The van der Waals surface area contributed by atoms with E-state index in [4.69, 9.17) is 11.1 Å². The normalized spacial score (nSPS) is 18.4. The van der Waals surface area contributed by atoms with Crippen LogP contribution in [0.25, 0.3) is 27.4 Å². The molecule has 0 saturated carbocycles. The molecule has 140 valence electrons. The van der Waals surface area contributed by atoms with Crippen LogP contribution in [0.5, 0.6) is 0 Å². The maximum atomic E-state index is 13.2. The van der Waals surface area contributed by atoms with Crippen LogP contribution in [0.1, 0.15) is 16.8 Å². The molecule has 0 saturated heterocycles. The van der Waals surface area contributed by atoms with Crippen molar-refractivity contribution < 1.29 is 17.4 Å². The van der Waals surface area contributed by atoms with Gasteiger partial charge in [-0.15, -0.1) is 0 Å². The summed E-state index contributed by atoms with van der Waals surface area (Å²) >= 11 is 0. The van der Waals surface area contributed by atoms with Gasteiger partial charge in [0.2, 0.25) is 0 Å². The summed E-state index contributed by atoms with van der Waals surface area (Å²) < 4.78 is 51.7. The molecule has 0 radical (unpaired) electrons. The minimum absolute atomic E-state index is 0.0294. The molecule has 1 unspecified atom stereocenters. The molecule has 3 heterocycles. The van der Waals surface area contributed by atoms with E-state index in [0.29, 0.717) is 29.5 Å². The second-order valence-corrected chi connectivity index (χ2v) is 7.79. The molecule has 0 fully saturated rings. The number of aryl methyl sites for hydroxylation is 1. The van der Waals surface area contributed by atoms with Crippen LogP contribution in [0, 0.1) is 5.41 Å². The van der Waals surface area contributed by atoms with Gasteiger partial charge in [0, 0.05) is 39.1 Å². The molecule has 1 aromatic carbocycles.